The number of hydrogen-bond donors (Lipinski definition) is 0. The summed E-state index contributed by atoms with van der Waals surface area (Å²) in [5.41, 5.74) is 12.4. The Morgan fingerprint density at radius 1 is 0.619 bits per heavy atom. The first-order valence-corrected chi connectivity index (χ1v) is 15.6. The molecule has 3 unspecified atom stereocenters. The molecular formula is C40H35NO. The summed E-state index contributed by atoms with van der Waals surface area (Å²) < 4.78 is 6.20. The molecule has 206 valence electrons. The van der Waals surface area contributed by atoms with Crippen molar-refractivity contribution in [1.82, 2.24) is 0 Å². The van der Waals surface area contributed by atoms with Crippen molar-refractivity contribution >= 4 is 39.0 Å². The van der Waals surface area contributed by atoms with E-state index in [0.717, 1.165) is 45.4 Å². The number of anilines is 3. The second-order valence-electron chi connectivity index (χ2n) is 13.4. The molecule has 3 aliphatic rings. The van der Waals surface area contributed by atoms with Gasteiger partial charge in [0.15, 0.2) is 0 Å². The lowest BCUT2D eigenvalue weighted by atomic mass is 9.82. The molecule has 0 radical (unpaired) electrons. The van der Waals surface area contributed by atoms with Crippen molar-refractivity contribution in [3.8, 4) is 11.1 Å². The topological polar surface area (TPSA) is 16.4 Å². The van der Waals surface area contributed by atoms with Crippen LogP contribution < -0.4 is 4.90 Å². The van der Waals surface area contributed by atoms with Gasteiger partial charge in [0.1, 0.15) is 11.2 Å². The van der Waals surface area contributed by atoms with Crippen LogP contribution in [0, 0.1) is 11.8 Å². The molecule has 2 bridgehead atoms. The lowest BCUT2D eigenvalue weighted by Crippen LogP contribution is -2.16. The van der Waals surface area contributed by atoms with Crippen LogP contribution in [0.5, 0.6) is 0 Å². The second-order valence-corrected chi connectivity index (χ2v) is 13.4. The van der Waals surface area contributed by atoms with Crippen molar-refractivity contribution in [3.63, 3.8) is 0 Å². The van der Waals surface area contributed by atoms with Crippen molar-refractivity contribution < 1.29 is 4.42 Å². The summed E-state index contributed by atoms with van der Waals surface area (Å²) >= 11 is 0. The summed E-state index contributed by atoms with van der Waals surface area (Å²) in [5.74, 6) is 2.57. The largest absolute Gasteiger partial charge is 0.456 e. The van der Waals surface area contributed by atoms with E-state index < -0.39 is 0 Å². The van der Waals surface area contributed by atoms with E-state index in [1.54, 1.807) is 0 Å². The van der Waals surface area contributed by atoms with Crippen molar-refractivity contribution in [3.05, 3.63) is 126 Å². The average molecular weight is 546 g/mol. The number of fused-ring (bicyclic) bond motifs is 8. The van der Waals surface area contributed by atoms with E-state index in [0.29, 0.717) is 0 Å². The van der Waals surface area contributed by atoms with Crippen LogP contribution in [0.3, 0.4) is 0 Å². The normalized spacial score (nSPS) is 21.6. The molecular weight excluding hydrogens is 510 g/mol. The summed E-state index contributed by atoms with van der Waals surface area (Å²) in [4.78, 5) is 2.44. The standard InChI is InChI=1S/C40H35NO/c1-40(2)36-9-5-3-7-31(36)32-19-17-30(24-37(32)40)41(28-15-13-26(14-16-28)34-22-25-11-12-27(34)21-25)29-18-20-39-35(23-29)33-8-4-6-10-38(33)42-39/h3-10,13-20,23-25,27,34H,11-12,21-22H2,1-2H3. The maximum atomic E-state index is 6.20. The molecule has 2 saturated carbocycles. The van der Waals surface area contributed by atoms with Crippen LogP contribution in [0.25, 0.3) is 33.1 Å². The maximum Gasteiger partial charge on any atom is 0.135 e. The Labute approximate surface area is 247 Å². The van der Waals surface area contributed by atoms with Crippen molar-refractivity contribution in [2.24, 2.45) is 11.8 Å². The molecule has 2 fully saturated rings. The van der Waals surface area contributed by atoms with E-state index in [2.05, 4.69) is 122 Å². The van der Waals surface area contributed by atoms with Gasteiger partial charge in [0.05, 0.1) is 0 Å². The molecule has 6 aromatic rings. The Hall–Kier alpha value is -4.30. The summed E-state index contributed by atoms with van der Waals surface area (Å²) in [5, 5.41) is 2.31. The third-order valence-corrected chi connectivity index (χ3v) is 10.8. The van der Waals surface area contributed by atoms with E-state index in [-0.39, 0.29) is 5.41 Å². The van der Waals surface area contributed by atoms with Gasteiger partial charge in [0.25, 0.3) is 0 Å². The highest BCUT2D eigenvalue weighted by molar-refractivity contribution is 6.06. The molecule has 0 aliphatic heterocycles. The molecule has 0 N–H and O–H groups in total. The number of hydrogen-bond acceptors (Lipinski definition) is 2. The molecule has 2 nitrogen and oxygen atoms in total. The zero-order chi connectivity index (χ0) is 28.0. The molecule has 3 aliphatic carbocycles. The zero-order valence-corrected chi connectivity index (χ0v) is 24.3. The molecule has 9 rings (SSSR count). The minimum Gasteiger partial charge on any atom is -0.456 e. The van der Waals surface area contributed by atoms with Crippen molar-refractivity contribution in [2.45, 2.75) is 50.9 Å². The van der Waals surface area contributed by atoms with Gasteiger partial charge in [-0.1, -0.05) is 80.9 Å². The molecule has 5 aromatic carbocycles. The van der Waals surface area contributed by atoms with Crippen LogP contribution in [0.2, 0.25) is 0 Å². The van der Waals surface area contributed by atoms with E-state index in [9.17, 15) is 0 Å². The van der Waals surface area contributed by atoms with E-state index in [1.165, 1.54) is 64.9 Å². The maximum absolute atomic E-state index is 6.20. The fourth-order valence-corrected chi connectivity index (χ4v) is 8.66. The van der Waals surface area contributed by atoms with Crippen LogP contribution >= 0.6 is 0 Å². The number of rotatable bonds is 4. The van der Waals surface area contributed by atoms with Gasteiger partial charge >= 0.3 is 0 Å². The smallest absolute Gasteiger partial charge is 0.135 e. The Morgan fingerprint density at radius 3 is 2.17 bits per heavy atom. The molecule has 0 saturated heterocycles. The van der Waals surface area contributed by atoms with Crippen molar-refractivity contribution in [1.29, 1.82) is 0 Å². The lowest BCUT2D eigenvalue weighted by molar-refractivity contribution is 0.420. The Morgan fingerprint density at radius 2 is 1.33 bits per heavy atom. The van der Waals surface area contributed by atoms with E-state index in [4.69, 9.17) is 4.42 Å². The number of benzene rings is 5. The highest BCUT2D eigenvalue weighted by atomic mass is 16.3. The van der Waals surface area contributed by atoms with Gasteiger partial charge in [-0.25, -0.2) is 0 Å². The SMILES string of the molecule is CC1(C)c2ccccc2-c2ccc(N(c3ccc(C4CC5CCC4C5)cc3)c3ccc4oc5ccccc5c4c3)cc21. The molecule has 2 heteroatoms. The lowest BCUT2D eigenvalue weighted by Gasteiger charge is -2.29. The molecule has 3 atom stereocenters. The first-order chi connectivity index (χ1) is 20.5. The average Bonchev–Trinajstić information content (AvgIpc) is 3.80. The summed E-state index contributed by atoms with van der Waals surface area (Å²) in [6.07, 6.45) is 5.66. The third kappa shape index (κ3) is 3.51. The first kappa shape index (κ1) is 24.3. The van der Waals surface area contributed by atoms with Crippen LogP contribution in [0.15, 0.2) is 114 Å². The monoisotopic (exact) mass is 545 g/mol. The molecule has 1 aromatic heterocycles. The van der Waals surface area contributed by atoms with Gasteiger partial charge in [-0.2, -0.15) is 0 Å². The van der Waals surface area contributed by atoms with E-state index in [1.807, 2.05) is 6.07 Å². The van der Waals surface area contributed by atoms with Crippen LogP contribution in [-0.4, -0.2) is 0 Å². The number of furan rings is 1. The number of nitrogens with zero attached hydrogens (tertiary/aromatic N) is 1. The summed E-state index contributed by atoms with van der Waals surface area (Å²) in [6.45, 7) is 4.72. The predicted molar refractivity (Wildman–Crippen MR) is 174 cm³/mol. The summed E-state index contributed by atoms with van der Waals surface area (Å²) in [6, 6.07) is 40.5. The Balaban J connectivity index is 1.20. The Bertz CT molecular complexity index is 1990. The van der Waals surface area contributed by atoms with Crippen molar-refractivity contribution in [2.75, 3.05) is 4.90 Å². The van der Waals surface area contributed by atoms with E-state index >= 15 is 0 Å². The highest BCUT2D eigenvalue weighted by Crippen LogP contribution is 2.54. The van der Waals surface area contributed by atoms with Gasteiger partial charge in [-0.05, 0) is 113 Å². The zero-order valence-electron chi connectivity index (χ0n) is 24.3. The van der Waals surface area contributed by atoms with Crippen LogP contribution in [0.4, 0.5) is 17.1 Å². The summed E-state index contributed by atoms with van der Waals surface area (Å²) in [7, 11) is 0. The quantitative estimate of drug-likeness (QED) is 0.219. The van der Waals surface area contributed by atoms with Gasteiger partial charge in [-0.15, -0.1) is 0 Å². The van der Waals surface area contributed by atoms with Gasteiger partial charge < -0.3 is 9.32 Å². The molecule has 1 heterocycles. The molecule has 0 amide bonds. The number of para-hydroxylation sites is 1. The fourth-order valence-electron chi connectivity index (χ4n) is 8.66. The second kappa shape index (κ2) is 8.85. The van der Waals surface area contributed by atoms with Gasteiger partial charge in [0, 0.05) is 33.2 Å². The minimum absolute atomic E-state index is 0.0516. The highest BCUT2D eigenvalue weighted by Gasteiger charge is 2.40. The Kier molecular flexibility index (Phi) is 5.12. The van der Waals surface area contributed by atoms with Crippen LogP contribution in [-0.2, 0) is 5.41 Å². The molecule has 0 spiro atoms. The first-order valence-electron chi connectivity index (χ1n) is 15.6. The van der Waals surface area contributed by atoms with Gasteiger partial charge in [0.2, 0.25) is 0 Å². The van der Waals surface area contributed by atoms with Crippen LogP contribution in [0.1, 0.15) is 62.1 Å². The third-order valence-electron chi connectivity index (χ3n) is 10.8. The van der Waals surface area contributed by atoms with Gasteiger partial charge in [-0.3, -0.25) is 0 Å². The molecule has 42 heavy (non-hydrogen) atoms. The predicted octanol–water partition coefficient (Wildman–Crippen LogP) is 11.3. The fraction of sp³-hybridized carbons (Fsp3) is 0.250. The minimum atomic E-state index is -0.0516.